The van der Waals surface area contributed by atoms with Crippen molar-refractivity contribution in [3.63, 3.8) is 0 Å². The summed E-state index contributed by atoms with van der Waals surface area (Å²) in [6.45, 7) is 4.67. The van der Waals surface area contributed by atoms with Crippen molar-refractivity contribution in [1.29, 1.82) is 0 Å². The van der Waals surface area contributed by atoms with E-state index in [-0.39, 0.29) is 5.91 Å². The highest BCUT2D eigenvalue weighted by Gasteiger charge is 2.14. The van der Waals surface area contributed by atoms with E-state index in [4.69, 9.17) is 21.1 Å². The Morgan fingerprint density at radius 3 is 2.48 bits per heavy atom. The average molecular weight is 343 g/mol. The van der Waals surface area contributed by atoms with Crippen molar-refractivity contribution in [3.05, 3.63) is 29.3 Å². The molecular weight excluding hydrogens is 320 g/mol. The Hall–Kier alpha value is -1.95. The monoisotopic (exact) mass is 342 g/mol. The Kier molecular flexibility index (Phi) is 8.90. The van der Waals surface area contributed by atoms with Crippen LogP contribution in [0.1, 0.15) is 26.7 Å². The van der Waals surface area contributed by atoms with Crippen LogP contribution in [0.2, 0.25) is 5.02 Å². The number of rotatable bonds is 9. The number of carbonyl (C=O) groups excluding carboxylic acids is 2. The lowest BCUT2D eigenvalue weighted by atomic mass is 10.3. The number of alkyl carbamates (subject to hydrolysis) is 1. The molecule has 6 nitrogen and oxygen atoms in total. The Balaban J connectivity index is 2.17. The van der Waals surface area contributed by atoms with Crippen LogP contribution in [0.15, 0.2) is 24.3 Å². The number of hydrogen-bond acceptors (Lipinski definition) is 4. The fourth-order valence-corrected chi connectivity index (χ4v) is 1.75. The van der Waals surface area contributed by atoms with Crippen LogP contribution in [-0.2, 0) is 9.53 Å². The SMILES string of the molecule is CCCCOC(=O)NCCNC(=O)C(C)Oc1ccc(Cl)cc1. The number of halogens is 1. The summed E-state index contributed by atoms with van der Waals surface area (Å²) in [6.07, 6.45) is 0.685. The average Bonchev–Trinajstić information content (AvgIpc) is 2.53. The minimum atomic E-state index is -0.646. The molecule has 1 atom stereocenters. The van der Waals surface area contributed by atoms with Crippen molar-refractivity contribution in [2.24, 2.45) is 0 Å². The molecule has 0 aliphatic carbocycles. The third-order valence-corrected chi connectivity index (χ3v) is 3.17. The van der Waals surface area contributed by atoms with E-state index in [1.807, 2.05) is 6.92 Å². The molecule has 23 heavy (non-hydrogen) atoms. The first-order chi connectivity index (χ1) is 11.0. The molecule has 0 aliphatic heterocycles. The maximum absolute atomic E-state index is 11.9. The standard InChI is InChI=1S/C16H23ClN2O4/c1-3-4-11-22-16(21)19-10-9-18-15(20)12(2)23-14-7-5-13(17)6-8-14/h5-8,12H,3-4,9-11H2,1-2H3,(H,18,20)(H,19,21). The molecule has 0 saturated heterocycles. The first-order valence-corrected chi connectivity index (χ1v) is 8.01. The van der Waals surface area contributed by atoms with Crippen LogP contribution in [0.4, 0.5) is 4.79 Å². The van der Waals surface area contributed by atoms with Crippen molar-refractivity contribution in [1.82, 2.24) is 10.6 Å². The number of ether oxygens (including phenoxy) is 2. The largest absolute Gasteiger partial charge is 0.481 e. The van der Waals surface area contributed by atoms with Crippen LogP contribution >= 0.6 is 11.6 Å². The number of benzene rings is 1. The summed E-state index contributed by atoms with van der Waals surface area (Å²) in [5, 5.41) is 5.84. The Bertz CT molecular complexity index is 493. The van der Waals surface area contributed by atoms with Crippen LogP contribution in [0.3, 0.4) is 0 Å². The quantitative estimate of drug-likeness (QED) is 0.676. The molecule has 2 amide bonds. The second-order valence-electron chi connectivity index (χ2n) is 4.92. The van der Waals surface area contributed by atoms with Crippen molar-refractivity contribution < 1.29 is 19.1 Å². The number of carbonyl (C=O) groups is 2. The number of hydrogen-bond donors (Lipinski definition) is 2. The van der Waals surface area contributed by atoms with E-state index < -0.39 is 12.2 Å². The van der Waals surface area contributed by atoms with Gasteiger partial charge in [0.15, 0.2) is 6.10 Å². The lowest BCUT2D eigenvalue weighted by molar-refractivity contribution is -0.127. The van der Waals surface area contributed by atoms with Gasteiger partial charge in [-0.25, -0.2) is 4.79 Å². The fourth-order valence-electron chi connectivity index (χ4n) is 1.63. The van der Waals surface area contributed by atoms with Gasteiger partial charge in [0.1, 0.15) is 5.75 Å². The topological polar surface area (TPSA) is 76.7 Å². The van der Waals surface area contributed by atoms with Crippen molar-refractivity contribution in [2.75, 3.05) is 19.7 Å². The van der Waals surface area contributed by atoms with Gasteiger partial charge in [-0.3, -0.25) is 4.79 Å². The van der Waals surface area contributed by atoms with E-state index in [1.165, 1.54) is 0 Å². The molecule has 0 aromatic heterocycles. The molecule has 0 saturated carbocycles. The van der Waals surface area contributed by atoms with Gasteiger partial charge in [-0.05, 0) is 37.6 Å². The third kappa shape index (κ3) is 8.30. The zero-order chi connectivity index (χ0) is 17.1. The smallest absolute Gasteiger partial charge is 0.407 e. The van der Waals surface area contributed by atoms with Gasteiger partial charge in [0.05, 0.1) is 6.61 Å². The molecule has 1 aromatic rings. The lowest BCUT2D eigenvalue weighted by Crippen LogP contribution is -2.40. The molecule has 0 bridgehead atoms. The van der Waals surface area contributed by atoms with E-state index in [0.717, 1.165) is 12.8 Å². The second kappa shape index (κ2) is 10.7. The van der Waals surface area contributed by atoms with Gasteiger partial charge in [-0.15, -0.1) is 0 Å². The molecule has 7 heteroatoms. The Morgan fingerprint density at radius 1 is 1.17 bits per heavy atom. The molecule has 128 valence electrons. The summed E-state index contributed by atoms with van der Waals surface area (Å²) >= 11 is 5.78. The van der Waals surface area contributed by atoms with Crippen LogP contribution in [0.5, 0.6) is 5.75 Å². The van der Waals surface area contributed by atoms with Gasteiger partial charge in [-0.2, -0.15) is 0 Å². The van der Waals surface area contributed by atoms with Crippen LogP contribution in [0.25, 0.3) is 0 Å². The zero-order valence-corrected chi connectivity index (χ0v) is 14.2. The van der Waals surface area contributed by atoms with E-state index in [0.29, 0.717) is 30.5 Å². The molecule has 0 heterocycles. The molecule has 2 N–H and O–H groups in total. The highest BCUT2D eigenvalue weighted by Crippen LogP contribution is 2.16. The summed E-state index contributed by atoms with van der Waals surface area (Å²) in [7, 11) is 0. The summed E-state index contributed by atoms with van der Waals surface area (Å²) in [5.74, 6) is 0.302. The molecule has 0 fully saturated rings. The summed E-state index contributed by atoms with van der Waals surface area (Å²) in [5.41, 5.74) is 0. The van der Waals surface area contributed by atoms with Gasteiger partial charge in [0.2, 0.25) is 0 Å². The summed E-state index contributed by atoms with van der Waals surface area (Å²) < 4.78 is 10.4. The Labute approximate surface area is 141 Å². The molecular formula is C16H23ClN2O4. The molecule has 0 aliphatic rings. The first-order valence-electron chi connectivity index (χ1n) is 7.63. The second-order valence-corrected chi connectivity index (χ2v) is 5.36. The van der Waals surface area contributed by atoms with Crippen molar-refractivity contribution in [3.8, 4) is 5.75 Å². The summed E-state index contributed by atoms with van der Waals surface area (Å²) in [4.78, 5) is 23.1. The number of amides is 2. The first kappa shape index (κ1) is 19.1. The number of unbranched alkanes of at least 4 members (excludes halogenated alkanes) is 1. The zero-order valence-electron chi connectivity index (χ0n) is 13.4. The van der Waals surface area contributed by atoms with E-state index >= 15 is 0 Å². The molecule has 1 aromatic carbocycles. The van der Waals surface area contributed by atoms with E-state index in [2.05, 4.69) is 10.6 Å². The van der Waals surface area contributed by atoms with Crippen LogP contribution < -0.4 is 15.4 Å². The van der Waals surface area contributed by atoms with E-state index in [9.17, 15) is 9.59 Å². The van der Waals surface area contributed by atoms with Gasteiger partial charge in [0, 0.05) is 18.1 Å². The predicted octanol–water partition coefficient (Wildman–Crippen LogP) is 2.75. The lowest BCUT2D eigenvalue weighted by Gasteiger charge is -2.15. The van der Waals surface area contributed by atoms with E-state index in [1.54, 1.807) is 31.2 Å². The van der Waals surface area contributed by atoms with Gasteiger partial charge in [0.25, 0.3) is 5.91 Å². The maximum Gasteiger partial charge on any atom is 0.407 e. The molecule has 0 spiro atoms. The normalized spacial score (nSPS) is 11.4. The molecule has 0 radical (unpaired) electrons. The van der Waals surface area contributed by atoms with Gasteiger partial charge < -0.3 is 20.1 Å². The fraction of sp³-hybridized carbons (Fsp3) is 0.500. The van der Waals surface area contributed by atoms with Crippen molar-refractivity contribution in [2.45, 2.75) is 32.8 Å². The van der Waals surface area contributed by atoms with Crippen LogP contribution in [0, 0.1) is 0 Å². The van der Waals surface area contributed by atoms with Crippen LogP contribution in [-0.4, -0.2) is 37.8 Å². The Morgan fingerprint density at radius 2 is 1.83 bits per heavy atom. The number of nitrogens with one attached hydrogen (secondary N) is 2. The highest BCUT2D eigenvalue weighted by molar-refractivity contribution is 6.30. The van der Waals surface area contributed by atoms with Crippen molar-refractivity contribution >= 4 is 23.6 Å². The third-order valence-electron chi connectivity index (χ3n) is 2.92. The van der Waals surface area contributed by atoms with Gasteiger partial charge in [-0.1, -0.05) is 24.9 Å². The minimum absolute atomic E-state index is 0.263. The summed E-state index contributed by atoms with van der Waals surface area (Å²) in [6, 6.07) is 6.77. The molecule has 1 unspecified atom stereocenters. The predicted molar refractivity (Wildman–Crippen MR) is 88.8 cm³/mol. The minimum Gasteiger partial charge on any atom is -0.481 e. The maximum atomic E-state index is 11.9. The highest BCUT2D eigenvalue weighted by atomic mass is 35.5. The molecule has 1 rings (SSSR count). The van der Waals surface area contributed by atoms with Gasteiger partial charge >= 0.3 is 6.09 Å².